The molecule has 4 aromatic rings. The molecule has 0 amide bonds. The fourth-order valence-corrected chi connectivity index (χ4v) is 5.57. The van der Waals surface area contributed by atoms with Crippen LogP contribution in [0.5, 0.6) is 0 Å². The van der Waals surface area contributed by atoms with Crippen molar-refractivity contribution in [3.63, 3.8) is 0 Å². The Morgan fingerprint density at radius 2 is 1.77 bits per heavy atom. The number of aromatic nitrogens is 2. The van der Waals surface area contributed by atoms with Crippen LogP contribution in [0.4, 0.5) is 10.2 Å². The van der Waals surface area contributed by atoms with Crippen LogP contribution in [0.25, 0.3) is 21.6 Å². The van der Waals surface area contributed by atoms with E-state index in [4.69, 9.17) is 5.73 Å². The number of pyridine rings is 2. The molecule has 7 heteroatoms. The van der Waals surface area contributed by atoms with E-state index in [9.17, 15) is 0 Å². The molecular weight excluding hydrogens is 553 g/mol. The van der Waals surface area contributed by atoms with E-state index >= 15 is 4.39 Å². The molecule has 0 atom stereocenters. The third kappa shape index (κ3) is 8.03. The zero-order chi connectivity index (χ0) is 30.9. The van der Waals surface area contributed by atoms with E-state index in [1.54, 1.807) is 42.9 Å². The van der Waals surface area contributed by atoms with Crippen molar-refractivity contribution >= 4 is 28.3 Å². The quantitative estimate of drug-likeness (QED) is 0.135. The van der Waals surface area contributed by atoms with Crippen molar-refractivity contribution in [2.75, 3.05) is 5.32 Å². The van der Waals surface area contributed by atoms with Crippen molar-refractivity contribution in [1.29, 1.82) is 0 Å². The van der Waals surface area contributed by atoms with Gasteiger partial charge in [-0.05, 0) is 67.3 Å². The van der Waals surface area contributed by atoms with Gasteiger partial charge in [0.15, 0.2) is 0 Å². The van der Waals surface area contributed by atoms with E-state index in [0.717, 1.165) is 38.6 Å². The van der Waals surface area contributed by atoms with Gasteiger partial charge in [-0.15, -0.1) is 11.3 Å². The molecule has 220 valence electrons. The first kappa shape index (κ1) is 31.3. The second-order valence-corrected chi connectivity index (χ2v) is 11.5. The van der Waals surface area contributed by atoms with E-state index in [0.29, 0.717) is 34.9 Å². The highest BCUT2D eigenvalue weighted by Crippen LogP contribution is 2.36. The van der Waals surface area contributed by atoms with Crippen LogP contribution in [0.2, 0.25) is 0 Å². The van der Waals surface area contributed by atoms with E-state index in [2.05, 4.69) is 64.6 Å². The lowest BCUT2D eigenvalue weighted by molar-refractivity contribution is 0.658. The molecule has 4 rings (SSSR count). The number of thiophene rings is 1. The molecule has 43 heavy (non-hydrogen) atoms. The summed E-state index contributed by atoms with van der Waals surface area (Å²) in [5.41, 5.74) is 13.4. The number of benzene rings is 1. The molecule has 0 saturated heterocycles. The van der Waals surface area contributed by atoms with E-state index < -0.39 is 5.83 Å². The third-order valence-corrected chi connectivity index (χ3v) is 8.30. The maximum absolute atomic E-state index is 16.0. The largest absolute Gasteiger partial charge is 0.399 e. The second kappa shape index (κ2) is 14.5. The number of hydrogen-bond donors (Lipinski definition) is 3. The lowest BCUT2D eigenvalue weighted by atomic mass is 9.98. The Labute approximate surface area is 258 Å². The Bertz CT molecular complexity index is 1700. The number of rotatable bonds is 13. The number of anilines is 1. The fraction of sp³-hybridized carbons (Fsp3) is 0.167. The maximum Gasteiger partial charge on any atom is 0.136 e. The minimum absolute atomic E-state index is 0.150. The fourth-order valence-electron chi connectivity index (χ4n) is 4.55. The Morgan fingerprint density at radius 1 is 1.02 bits per heavy atom. The van der Waals surface area contributed by atoms with Gasteiger partial charge in [-0.1, -0.05) is 56.1 Å². The second-order valence-electron chi connectivity index (χ2n) is 10.4. The number of allylic oxidation sites excluding steroid dienone is 6. The molecule has 0 radical (unpaired) electrons. The third-order valence-electron chi connectivity index (χ3n) is 7.02. The number of nitrogens with zero attached hydrogens (tertiary/aromatic N) is 2. The Hall–Kier alpha value is -4.59. The number of hydrogen-bond acceptors (Lipinski definition) is 6. The van der Waals surface area contributed by atoms with Crippen LogP contribution in [-0.4, -0.2) is 9.97 Å². The first-order chi connectivity index (χ1) is 20.7. The molecular formula is C36H38FN5S. The Kier molecular flexibility index (Phi) is 10.6. The predicted molar refractivity (Wildman–Crippen MR) is 181 cm³/mol. The van der Waals surface area contributed by atoms with Crippen LogP contribution < -0.4 is 16.4 Å². The molecule has 0 saturated carbocycles. The summed E-state index contributed by atoms with van der Waals surface area (Å²) in [6, 6.07) is 18.2. The zero-order valence-electron chi connectivity index (χ0n) is 25.0. The monoisotopic (exact) mass is 591 g/mol. The van der Waals surface area contributed by atoms with Crippen molar-refractivity contribution in [3.8, 4) is 10.4 Å². The molecule has 0 unspecified atom stereocenters. The summed E-state index contributed by atoms with van der Waals surface area (Å²) >= 11 is 1.69. The number of nitrogens with one attached hydrogen (secondary N) is 2. The Morgan fingerprint density at radius 3 is 2.47 bits per heavy atom. The van der Waals surface area contributed by atoms with E-state index in [1.165, 1.54) is 5.56 Å². The molecule has 4 N–H and O–H groups in total. The van der Waals surface area contributed by atoms with Crippen LogP contribution in [0.1, 0.15) is 47.4 Å². The molecule has 3 heterocycles. The molecule has 5 nitrogen and oxygen atoms in total. The predicted octanol–water partition coefficient (Wildman–Crippen LogP) is 8.95. The van der Waals surface area contributed by atoms with Crippen molar-refractivity contribution in [2.45, 2.75) is 40.3 Å². The van der Waals surface area contributed by atoms with Gasteiger partial charge in [-0.2, -0.15) is 0 Å². The van der Waals surface area contributed by atoms with Gasteiger partial charge in [0.25, 0.3) is 0 Å². The van der Waals surface area contributed by atoms with Gasteiger partial charge in [-0.25, -0.2) is 9.37 Å². The lowest BCUT2D eigenvalue weighted by Crippen LogP contribution is -2.13. The summed E-state index contributed by atoms with van der Waals surface area (Å²) in [5.74, 6) is 0.157. The van der Waals surface area contributed by atoms with Gasteiger partial charge < -0.3 is 16.4 Å². The van der Waals surface area contributed by atoms with Crippen LogP contribution in [0, 0.1) is 6.92 Å². The van der Waals surface area contributed by atoms with E-state index in [1.807, 2.05) is 44.2 Å². The summed E-state index contributed by atoms with van der Waals surface area (Å²) in [5, 5.41) is 6.69. The highest BCUT2D eigenvalue weighted by Gasteiger charge is 2.17. The first-order valence-electron chi connectivity index (χ1n) is 14.0. The van der Waals surface area contributed by atoms with Gasteiger partial charge in [-0.3, -0.25) is 4.98 Å². The van der Waals surface area contributed by atoms with Crippen molar-refractivity contribution < 1.29 is 4.39 Å². The molecule has 0 aliphatic rings. The van der Waals surface area contributed by atoms with Gasteiger partial charge >= 0.3 is 0 Å². The van der Waals surface area contributed by atoms with Gasteiger partial charge in [0.1, 0.15) is 11.6 Å². The number of nitrogens with two attached hydrogens (primary N) is 1. The van der Waals surface area contributed by atoms with Crippen molar-refractivity contribution in [2.24, 2.45) is 5.73 Å². The topological polar surface area (TPSA) is 75.9 Å². The van der Waals surface area contributed by atoms with Crippen molar-refractivity contribution in [1.82, 2.24) is 15.3 Å². The highest BCUT2D eigenvalue weighted by molar-refractivity contribution is 7.16. The SMILES string of the molecule is C=C(CC(/C(N)=C\C)=C(\F)C(=C)c1cncc(CNCc2ccccc2)c1)Nc1nccc(-c2ccc(C(=C)C)s2)c1C. The summed E-state index contributed by atoms with van der Waals surface area (Å²) in [4.78, 5) is 11.1. The van der Waals surface area contributed by atoms with E-state index in [-0.39, 0.29) is 12.0 Å². The van der Waals surface area contributed by atoms with Gasteiger partial charge in [0, 0.05) is 81.5 Å². The molecule has 0 fully saturated rings. The minimum atomic E-state index is -0.501. The molecule has 1 aromatic carbocycles. The number of halogens is 1. The molecule has 0 spiro atoms. The normalized spacial score (nSPS) is 12.0. The van der Waals surface area contributed by atoms with Crippen LogP contribution in [0.15, 0.2) is 122 Å². The summed E-state index contributed by atoms with van der Waals surface area (Å²) < 4.78 is 16.0. The van der Waals surface area contributed by atoms with Crippen LogP contribution in [0.3, 0.4) is 0 Å². The van der Waals surface area contributed by atoms with Crippen LogP contribution >= 0.6 is 11.3 Å². The maximum atomic E-state index is 16.0. The summed E-state index contributed by atoms with van der Waals surface area (Å²) in [7, 11) is 0. The highest BCUT2D eigenvalue weighted by atomic mass is 32.1. The molecule has 0 bridgehead atoms. The van der Waals surface area contributed by atoms with Crippen molar-refractivity contribution in [3.05, 3.63) is 149 Å². The standard InChI is InChI=1S/C36H38FN5S/c1-7-32(38)31(17-24(4)42-36-26(6)30(15-16-41-36)34-14-13-33(43-34)23(2)3)35(37)25(5)29-18-28(21-40-22-29)20-39-19-27-11-9-8-10-12-27/h7-16,18,21-22,39H,2,4-5,17,19-20,38H2,1,3,6H3,(H,41,42)/b32-7+,35-31+. The summed E-state index contributed by atoms with van der Waals surface area (Å²) in [6.07, 6.45) is 6.96. The molecule has 3 aromatic heterocycles. The van der Waals surface area contributed by atoms with Gasteiger partial charge in [0.05, 0.1) is 0 Å². The summed E-state index contributed by atoms with van der Waals surface area (Å²) in [6.45, 7) is 19.4. The molecule has 0 aliphatic heterocycles. The Balaban J connectivity index is 1.50. The average Bonchev–Trinajstić information content (AvgIpc) is 3.51. The minimum Gasteiger partial charge on any atom is -0.399 e. The van der Waals surface area contributed by atoms with Crippen LogP contribution in [-0.2, 0) is 13.1 Å². The smallest absolute Gasteiger partial charge is 0.136 e. The first-order valence-corrected chi connectivity index (χ1v) is 14.8. The molecule has 0 aliphatic carbocycles. The lowest BCUT2D eigenvalue weighted by Gasteiger charge is -2.17. The van der Waals surface area contributed by atoms with Gasteiger partial charge in [0.2, 0.25) is 0 Å². The average molecular weight is 592 g/mol. The zero-order valence-corrected chi connectivity index (χ0v) is 25.8.